The maximum atomic E-state index is 13.7. The maximum Gasteiger partial charge on any atom is 0.399 e. The first-order chi connectivity index (χ1) is 14.8. The Hall–Kier alpha value is -1.54. The van der Waals surface area contributed by atoms with E-state index in [1.807, 2.05) is 0 Å². The SMILES string of the molecule is Cc1cc(/C=C/C(c2cc(Cl)c(Cl)c(Cl)c2)C(F)(F)F)ccc1C(=O)CC1CS(=O)(=O)C1. The number of hydrogen-bond donors (Lipinski definition) is 0. The molecule has 172 valence electrons. The summed E-state index contributed by atoms with van der Waals surface area (Å²) in [7, 11) is -3.01. The van der Waals surface area contributed by atoms with Crippen LogP contribution in [-0.4, -0.2) is 31.9 Å². The van der Waals surface area contributed by atoms with Crippen molar-refractivity contribution < 1.29 is 26.4 Å². The van der Waals surface area contributed by atoms with Crippen LogP contribution in [0.4, 0.5) is 13.2 Å². The summed E-state index contributed by atoms with van der Waals surface area (Å²) < 4.78 is 63.6. The van der Waals surface area contributed by atoms with Gasteiger partial charge in [0.2, 0.25) is 0 Å². The zero-order valence-electron chi connectivity index (χ0n) is 16.7. The van der Waals surface area contributed by atoms with Crippen molar-refractivity contribution in [2.24, 2.45) is 5.92 Å². The maximum absolute atomic E-state index is 13.7. The molecular weight excluding hydrogens is 508 g/mol. The van der Waals surface area contributed by atoms with Crippen molar-refractivity contribution in [2.45, 2.75) is 25.4 Å². The number of halogens is 6. The number of rotatable bonds is 6. The van der Waals surface area contributed by atoms with Crippen LogP contribution in [0.15, 0.2) is 36.4 Å². The lowest BCUT2D eigenvalue weighted by Crippen LogP contribution is -2.37. The molecule has 10 heteroatoms. The van der Waals surface area contributed by atoms with Crippen LogP contribution in [0.25, 0.3) is 6.08 Å². The van der Waals surface area contributed by atoms with Gasteiger partial charge in [-0.3, -0.25) is 4.79 Å². The Bertz CT molecular complexity index is 1160. The van der Waals surface area contributed by atoms with E-state index in [1.54, 1.807) is 25.1 Å². The van der Waals surface area contributed by atoms with Gasteiger partial charge in [0.25, 0.3) is 0 Å². The molecule has 0 bridgehead atoms. The second-order valence-corrected chi connectivity index (χ2v) is 11.2. The average molecular weight is 526 g/mol. The standard InChI is InChI=1S/C22H18Cl3F3O3S/c1-12-6-13(2-4-16(12)20(29)7-14-10-32(30,31)11-14)3-5-17(22(26,27)28)15-8-18(23)21(25)19(24)9-15/h2-6,8-9,14,17H,7,10-11H2,1H3/b5-3+. The Morgan fingerprint density at radius 1 is 1.12 bits per heavy atom. The van der Waals surface area contributed by atoms with Crippen molar-refractivity contribution in [1.82, 2.24) is 0 Å². The zero-order chi connectivity index (χ0) is 23.8. The molecular formula is C22H18Cl3F3O3S. The van der Waals surface area contributed by atoms with Crippen LogP contribution in [-0.2, 0) is 9.84 Å². The predicted octanol–water partition coefficient (Wildman–Crippen LogP) is 6.93. The number of benzene rings is 2. The highest BCUT2D eigenvalue weighted by Gasteiger charge is 2.39. The highest BCUT2D eigenvalue weighted by molar-refractivity contribution is 7.92. The summed E-state index contributed by atoms with van der Waals surface area (Å²) in [6, 6.07) is 6.96. The fraction of sp³-hybridized carbons (Fsp3) is 0.318. The third-order valence-electron chi connectivity index (χ3n) is 5.20. The van der Waals surface area contributed by atoms with E-state index in [0.29, 0.717) is 16.7 Å². The van der Waals surface area contributed by atoms with Gasteiger partial charge in [0.1, 0.15) is 0 Å². The third-order valence-corrected chi connectivity index (χ3v) is 8.36. The molecule has 1 aliphatic heterocycles. The van der Waals surface area contributed by atoms with Crippen molar-refractivity contribution in [3.8, 4) is 0 Å². The number of Topliss-reactive ketones (excluding diaryl/α,β-unsaturated/α-hetero) is 1. The van der Waals surface area contributed by atoms with Crippen molar-refractivity contribution in [2.75, 3.05) is 11.5 Å². The molecule has 0 aromatic heterocycles. The minimum atomic E-state index is -4.59. The molecule has 1 aliphatic rings. The van der Waals surface area contributed by atoms with Crippen molar-refractivity contribution in [3.63, 3.8) is 0 Å². The van der Waals surface area contributed by atoms with Crippen molar-refractivity contribution in [3.05, 3.63) is 73.7 Å². The molecule has 1 heterocycles. The fourth-order valence-electron chi connectivity index (χ4n) is 3.63. The van der Waals surface area contributed by atoms with Gasteiger partial charge in [-0.2, -0.15) is 13.2 Å². The van der Waals surface area contributed by atoms with E-state index in [-0.39, 0.29) is 50.3 Å². The van der Waals surface area contributed by atoms with Crippen LogP contribution >= 0.6 is 34.8 Å². The summed E-state index contributed by atoms with van der Waals surface area (Å²) in [4.78, 5) is 12.5. The lowest BCUT2D eigenvalue weighted by atomic mass is 9.94. The molecule has 3 nitrogen and oxygen atoms in total. The Labute approximate surface area is 199 Å². The highest BCUT2D eigenvalue weighted by Crippen LogP contribution is 2.41. The van der Waals surface area contributed by atoms with Gasteiger partial charge in [0.15, 0.2) is 15.6 Å². The molecule has 0 spiro atoms. The topological polar surface area (TPSA) is 51.2 Å². The number of ketones is 1. The Morgan fingerprint density at radius 3 is 2.22 bits per heavy atom. The monoisotopic (exact) mass is 524 g/mol. The molecule has 1 saturated heterocycles. The molecule has 2 aromatic carbocycles. The highest BCUT2D eigenvalue weighted by atomic mass is 35.5. The Balaban J connectivity index is 1.81. The van der Waals surface area contributed by atoms with Gasteiger partial charge in [-0.05, 0) is 41.7 Å². The van der Waals surface area contributed by atoms with Crippen LogP contribution in [0.3, 0.4) is 0 Å². The molecule has 2 aromatic rings. The predicted molar refractivity (Wildman–Crippen MR) is 122 cm³/mol. The van der Waals surface area contributed by atoms with Gasteiger partial charge in [-0.1, -0.05) is 65.2 Å². The van der Waals surface area contributed by atoms with Gasteiger partial charge in [-0.15, -0.1) is 0 Å². The average Bonchev–Trinajstić information content (AvgIpc) is 2.63. The third kappa shape index (κ3) is 5.87. The van der Waals surface area contributed by atoms with E-state index >= 15 is 0 Å². The van der Waals surface area contributed by atoms with Gasteiger partial charge in [0.05, 0.1) is 32.5 Å². The number of sulfone groups is 1. The normalized spacial score (nSPS) is 17.3. The van der Waals surface area contributed by atoms with Gasteiger partial charge < -0.3 is 0 Å². The Kier molecular flexibility index (Phi) is 7.35. The molecule has 3 rings (SSSR count). The van der Waals surface area contributed by atoms with Gasteiger partial charge in [0, 0.05) is 12.0 Å². The summed E-state index contributed by atoms with van der Waals surface area (Å²) in [6.45, 7) is 1.68. The second-order valence-electron chi connectivity index (χ2n) is 7.82. The van der Waals surface area contributed by atoms with Crippen LogP contribution in [0.1, 0.15) is 39.4 Å². The molecule has 1 fully saturated rings. The lowest BCUT2D eigenvalue weighted by Gasteiger charge is -2.25. The molecule has 0 radical (unpaired) electrons. The van der Waals surface area contributed by atoms with E-state index in [4.69, 9.17) is 34.8 Å². The van der Waals surface area contributed by atoms with Gasteiger partial charge in [-0.25, -0.2) is 8.42 Å². The van der Waals surface area contributed by atoms with E-state index in [1.165, 1.54) is 6.08 Å². The minimum absolute atomic E-state index is 0.0101. The molecule has 0 N–H and O–H groups in total. The second kappa shape index (κ2) is 9.37. The zero-order valence-corrected chi connectivity index (χ0v) is 19.8. The number of alkyl halides is 3. The summed E-state index contributed by atoms with van der Waals surface area (Å²) in [5.74, 6) is -2.31. The minimum Gasteiger partial charge on any atom is -0.294 e. The molecule has 0 aliphatic carbocycles. The van der Waals surface area contributed by atoms with E-state index in [9.17, 15) is 26.4 Å². The first-order valence-corrected chi connectivity index (χ1v) is 12.5. The lowest BCUT2D eigenvalue weighted by molar-refractivity contribution is -0.139. The summed E-state index contributed by atoms with van der Waals surface area (Å²) in [5.41, 5.74) is 1.35. The van der Waals surface area contributed by atoms with Crippen LogP contribution in [0.5, 0.6) is 0 Å². The van der Waals surface area contributed by atoms with Gasteiger partial charge >= 0.3 is 6.18 Å². The molecule has 0 saturated carbocycles. The van der Waals surface area contributed by atoms with E-state index in [0.717, 1.165) is 18.2 Å². The molecule has 1 unspecified atom stereocenters. The quantitative estimate of drug-likeness (QED) is 0.303. The van der Waals surface area contributed by atoms with Crippen molar-refractivity contribution >= 4 is 56.5 Å². The summed E-state index contributed by atoms with van der Waals surface area (Å²) in [6.07, 6.45) is -2.16. The van der Waals surface area contributed by atoms with Crippen molar-refractivity contribution in [1.29, 1.82) is 0 Å². The molecule has 1 atom stereocenters. The smallest absolute Gasteiger partial charge is 0.294 e. The van der Waals surface area contributed by atoms with E-state index < -0.39 is 21.9 Å². The van der Waals surface area contributed by atoms with Crippen LogP contribution in [0, 0.1) is 12.8 Å². The molecule has 0 amide bonds. The van der Waals surface area contributed by atoms with E-state index in [2.05, 4.69) is 0 Å². The largest absolute Gasteiger partial charge is 0.399 e. The molecule has 32 heavy (non-hydrogen) atoms. The number of aryl methyl sites for hydroxylation is 1. The summed E-state index contributed by atoms with van der Waals surface area (Å²) in [5, 5.41) is -0.165. The summed E-state index contributed by atoms with van der Waals surface area (Å²) >= 11 is 17.6. The van der Waals surface area contributed by atoms with Crippen LogP contribution < -0.4 is 0 Å². The number of allylic oxidation sites excluding steroid dienone is 1. The first-order valence-electron chi connectivity index (χ1n) is 9.50. The number of hydrogen-bond acceptors (Lipinski definition) is 3. The number of carbonyl (C=O) groups excluding carboxylic acids is 1. The Morgan fingerprint density at radius 2 is 1.72 bits per heavy atom. The van der Waals surface area contributed by atoms with Crippen LogP contribution in [0.2, 0.25) is 15.1 Å². The number of carbonyl (C=O) groups is 1. The first kappa shape index (κ1) is 25.1. The fourth-order valence-corrected chi connectivity index (χ4v) is 5.82.